The molecule has 1 heterocycles. The molecule has 1 aromatic heterocycles. The number of aromatic amines is 1. The normalized spacial score (nSPS) is 12.6. The van der Waals surface area contributed by atoms with Crippen LogP contribution in [0.1, 0.15) is 19.4 Å². The number of hydrogen-bond acceptors (Lipinski definition) is 3. The van der Waals surface area contributed by atoms with E-state index in [-0.39, 0.29) is 0 Å². The largest absolute Gasteiger partial charge is 0.285 e. The SMILES string of the molecule is CCN(CC)S(=O)(=O)N(C)Cc1cn[nH]c1. The quantitative estimate of drug-likeness (QED) is 0.791. The standard InChI is InChI=1S/C9H18N4O2S/c1-4-13(5-2)16(14,15)12(3)8-9-6-10-11-7-9/h6-7H,4-5,8H2,1-3H3,(H,10,11). The van der Waals surface area contributed by atoms with Crippen LogP contribution in [-0.2, 0) is 16.8 Å². The number of aromatic nitrogens is 2. The van der Waals surface area contributed by atoms with E-state index in [0.29, 0.717) is 19.6 Å². The first-order valence-electron chi connectivity index (χ1n) is 5.21. The van der Waals surface area contributed by atoms with Gasteiger partial charge in [0.15, 0.2) is 0 Å². The van der Waals surface area contributed by atoms with Crippen molar-refractivity contribution in [3.05, 3.63) is 18.0 Å². The van der Waals surface area contributed by atoms with Crippen LogP contribution in [0.15, 0.2) is 12.4 Å². The maximum absolute atomic E-state index is 12.0. The lowest BCUT2D eigenvalue weighted by Gasteiger charge is -2.25. The van der Waals surface area contributed by atoms with Crippen LogP contribution in [0, 0.1) is 0 Å². The van der Waals surface area contributed by atoms with Gasteiger partial charge in [0.2, 0.25) is 0 Å². The molecule has 0 aliphatic carbocycles. The third-order valence-electron chi connectivity index (χ3n) is 2.39. The molecule has 0 aliphatic heterocycles. The fraction of sp³-hybridized carbons (Fsp3) is 0.667. The van der Waals surface area contributed by atoms with Crippen LogP contribution in [0.2, 0.25) is 0 Å². The van der Waals surface area contributed by atoms with Gasteiger partial charge >= 0.3 is 0 Å². The number of H-pyrrole nitrogens is 1. The van der Waals surface area contributed by atoms with Gasteiger partial charge in [0.1, 0.15) is 0 Å². The third kappa shape index (κ3) is 2.81. The predicted molar refractivity (Wildman–Crippen MR) is 61.9 cm³/mol. The van der Waals surface area contributed by atoms with E-state index in [2.05, 4.69) is 10.2 Å². The van der Waals surface area contributed by atoms with Gasteiger partial charge in [-0.1, -0.05) is 13.8 Å². The molecule has 0 radical (unpaired) electrons. The van der Waals surface area contributed by atoms with E-state index in [9.17, 15) is 8.42 Å². The van der Waals surface area contributed by atoms with Gasteiger partial charge in [-0.2, -0.15) is 22.1 Å². The van der Waals surface area contributed by atoms with Crippen molar-refractivity contribution < 1.29 is 8.42 Å². The van der Waals surface area contributed by atoms with E-state index in [4.69, 9.17) is 0 Å². The monoisotopic (exact) mass is 246 g/mol. The lowest BCUT2D eigenvalue weighted by atomic mass is 10.4. The van der Waals surface area contributed by atoms with E-state index in [0.717, 1.165) is 5.56 Å². The minimum atomic E-state index is -3.35. The molecular formula is C9H18N4O2S. The highest BCUT2D eigenvalue weighted by atomic mass is 32.2. The van der Waals surface area contributed by atoms with Crippen molar-refractivity contribution in [2.75, 3.05) is 20.1 Å². The second kappa shape index (κ2) is 5.42. The first-order valence-corrected chi connectivity index (χ1v) is 6.61. The number of nitrogens with zero attached hydrogens (tertiary/aromatic N) is 3. The molecule has 16 heavy (non-hydrogen) atoms. The van der Waals surface area contributed by atoms with E-state index < -0.39 is 10.2 Å². The molecule has 1 N–H and O–H groups in total. The molecular weight excluding hydrogens is 228 g/mol. The summed E-state index contributed by atoms with van der Waals surface area (Å²) in [4.78, 5) is 0. The third-order valence-corrected chi connectivity index (χ3v) is 4.47. The lowest BCUT2D eigenvalue weighted by molar-refractivity contribution is 0.375. The van der Waals surface area contributed by atoms with Crippen LogP contribution in [0.5, 0.6) is 0 Å². The smallest absolute Gasteiger partial charge is 0.282 e. The fourth-order valence-electron chi connectivity index (χ4n) is 1.45. The molecule has 1 rings (SSSR count). The summed E-state index contributed by atoms with van der Waals surface area (Å²) in [5.41, 5.74) is 0.846. The Hall–Kier alpha value is -0.920. The second-order valence-corrected chi connectivity index (χ2v) is 5.49. The van der Waals surface area contributed by atoms with Gasteiger partial charge in [-0.3, -0.25) is 5.10 Å². The van der Waals surface area contributed by atoms with Crippen LogP contribution in [0.3, 0.4) is 0 Å². The summed E-state index contributed by atoms with van der Waals surface area (Å²) in [5.74, 6) is 0. The van der Waals surface area contributed by atoms with Crippen molar-refractivity contribution in [3.8, 4) is 0 Å². The molecule has 0 aliphatic rings. The van der Waals surface area contributed by atoms with E-state index >= 15 is 0 Å². The molecule has 0 aromatic carbocycles. The summed E-state index contributed by atoms with van der Waals surface area (Å²) in [6.07, 6.45) is 3.31. The molecule has 0 saturated carbocycles. The van der Waals surface area contributed by atoms with Gasteiger partial charge in [0.25, 0.3) is 10.2 Å². The summed E-state index contributed by atoms with van der Waals surface area (Å²) in [7, 11) is -1.78. The Bertz CT molecular complexity index is 397. The Kier molecular flexibility index (Phi) is 4.45. The van der Waals surface area contributed by atoms with Crippen molar-refractivity contribution >= 4 is 10.2 Å². The zero-order chi connectivity index (χ0) is 12.2. The lowest BCUT2D eigenvalue weighted by Crippen LogP contribution is -2.41. The van der Waals surface area contributed by atoms with Crippen LogP contribution in [-0.4, -0.2) is 47.4 Å². The Balaban J connectivity index is 2.76. The van der Waals surface area contributed by atoms with E-state index in [1.54, 1.807) is 19.4 Å². The van der Waals surface area contributed by atoms with Gasteiger partial charge in [-0.15, -0.1) is 0 Å². The summed E-state index contributed by atoms with van der Waals surface area (Å²) in [5, 5.41) is 6.44. The Morgan fingerprint density at radius 2 is 2.00 bits per heavy atom. The van der Waals surface area contributed by atoms with E-state index in [1.165, 1.54) is 8.61 Å². The van der Waals surface area contributed by atoms with Gasteiger partial charge < -0.3 is 0 Å². The van der Waals surface area contributed by atoms with Gasteiger partial charge in [-0.25, -0.2) is 0 Å². The van der Waals surface area contributed by atoms with Crippen molar-refractivity contribution in [3.63, 3.8) is 0 Å². The molecule has 0 unspecified atom stereocenters. The molecule has 0 spiro atoms. The van der Waals surface area contributed by atoms with Gasteiger partial charge in [0, 0.05) is 38.4 Å². The molecule has 0 atom stereocenters. The summed E-state index contributed by atoms with van der Waals surface area (Å²) < 4.78 is 26.8. The molecule has 0 fully saturated rings. The van der Waals surface area contributed by atoms with Crippen LogP contribution in [0.4, 0.5) is 0 Å². The van der Waals surface area contributed by atoms with Gasteiger partial charge in [0.05, 0.1) is 6.20 Å². The first-order chi connectivity index (χ1) is 7.52. The van der Waals surface area contributed by atoms with Crippen molar-refractivity contribution in [2.24, 2.45) is 0 Å². The molecule has 6 nitrogen and oxygen atoms in total. The highest BCUT2D eigenvalue weighted by Crippen LogP contribution is 2.09. The summed E-state index contributed by atoms with van der Waals surface area (Å²) in [6.45, 7) is 4.94. The van der Waals surface area contributed by atoms with Crippen LogP contribution < -0.4 is 0 Å². The minimum Gasteiger partial charge on any atom is -0.285 e. The zero-order valence-corrected chi connectivity index (χ0v) is 10.7. The maximum atomic E-state index is 12.0. The molecule has 0 bridgehead atoms. The maximum Gasteiger partial charge on any atom is 0.282 e. The second-order valence-electron chi connectivity index (χ2n) is 3.45. The number of hydrogen-bond donors (Lipinski definition) is 1. The highest BCUT2D eigenvalue weighted by Gasteiger charge is 2.24. The van der Waals surface area contributed by atoms with Crippen molar-refractivity contribution in [1.82, 2.24) is 18.8 Å². The topological polar surface area (TPSA) is 69.3 Å². The first kappa shape index (κ1) is 13.1. The van der Waals surface area contributed by atoms with E-state index in [1.807, 2.05) is 13.8 Å². The molecule has 0 amide bonds. The van der Waals surface area contributed by atoms with Crippen molar-refractivity contribution in [2.45, 2.75) is 20.4 Å². The highest BCUT2D eigenvalue weighted by molar-refractivity contribution is 7.86. The fourth-order valence-corrected chi connectivity index (χ4v) is 2.81. The number of nitrogens with one attached hydrogen (secondary N) is 1. The molecule has 7 heteroatoms. The summed E-state index contributed by atoms with van der Waals surface area (Å²) >= 11 is 0. The average molecular weight is 246 g/mol. The Morgan fingerprint density at radius 3 is 2.44 bits per heavy atom. The molecule has 0 saturated heterocycles. The predicted octanol–water partition coefficient (Wildman–Crippen LogP) is 0.428. The van der Waals surface area contributed by atoms with Gasteiger partial charge in [-0.05, 0) is 0 Å². The molecule has 92 valence electrons. The van der Waals surface area contributed by atoms with Crippen molar-refractivity contribution in [1.29, 1.82) is 0 Å². The number of rotatable bonds is 6. The van der Waals surface area contributed by atoms with Crippen LogP contribution in [0.25, 0.3) is 0 Å². The minimum absolute atomic E-state index is 0.329. The molecule has 1 aromatic rings. The Labute approximate surface area is 96.4 Å². The van der Waals surface area contributed by atoms with Crippen LogP contribution >= 0.6 is 0 Å². The average Bonchev–Trinajstić information content (AvgIpc) is 2.71. The summed E-state index contributed by atoms with van der Waals surface area (Å²) in [6, 6.07) is 0. The Morgan fingerprint density at radius 1 is 1.38 bits per heavy atom. The zero-order valence-electron chi connectivity index (χ0n) is 9.84.